The Morgan fingerprint density at radius 1 is 1.07 bits per heavy atom. The summed E-state index contributed by atoms with van der Waals surface area (Å²) in [6.45, 7) is 3.10. The lowest BCUT2D eigenvalue weighted by atomic mass is 9.79. The fraction of sp³-hybridized carbons (Fsp3) is 0.409. The van der Waals surface area contributed by atoms with E-state index in [4.69, 9.17) is 9.47 Å². The molecule has 2 aromatic carbocycles. The first kappa shape index (κ1) is 19.1. The van der Waals surface area contributed by atoms with Gasteiger partial charge in [-0.05, 0) is 49.6 Å². The summed E-state index contributed by atoms with van der Waals surface area (Å²) in [5.41, 5.74) is 1.93. The number of hydrogen-bond acceptors (Lipinski definition) is 3. The summed E-state index contributed by atoms with van der Waals surface area (Å²) in [5.74, 6) is 1.53. The lowest BCUT2D eigenvalue weighted by Crippen LogP contribution is -2.41. The van der Waals surface area contributed by atoms with Gasteiger partial charge in [-0.3, -0.25) is 0 Å². The van der Waals surface area contributed by atoms with E-state index in [1.807, 2.05) is 43.3 Å². The highest BCUT2D eigenvalue weighted by Crippen LogP contribution is 2.41. The van der Waals surface area contributed by atoms with Crippen molar-refractivity contribution in [3.63, 3.8) is 0 Å². The van der Waals surface area contributed by atoms with E-state index in [1.54, 1.807) is 7.11 Å². The number of carbonyl (C=O) groups is 1. The van der Waals surface area contributed by atoms with Crippen molar-refractivity contribution in [1.29, 1.82) is 0 Å². The Kier molecular flexibility index (Phi) is 6.22. The van der Waals surface area contributed by atoms with Crippen LogP contribution in [0, 0.1) is 0 Å². The highest BCUT2D eigenvalue weighted by atomic mass is 16.5. The zero-order valence-electron chi connectivity index (χ0n) is 16.1. The summed E-state index contributed by atoms with van der Waals surface area (Å²) in [5, 5.41) is 5.98. The monoisotopic (exact) mass is 368 g/mol. The maximum absolute atomic E-state index is 12.5. The van der Waals surface area contributed by atoms with E-state index in [1.165, 1.54) is 18.4 Å². The number of carbonyl (C=O) groups excluding carboxylic acids is 1. The predicted molar refractivity (Wildman–Crippen MR) is 108 cm³/mol. The minimum atomic E-state index is -0.207. The average Bonchev–Trinajstić information content (AvgIpc) is 3.18. The van der Waals surface area contributed by atoms with Gasteiger partial charge in [0.2, 0.25) is 0 Å². The van der Waals surface area contributed by atoms with E-state index in [2.05, 4.69) is 22.8 Å². The lowest BCUT2D eigenvalue weighted by molar-refractivity contribution is 0.248. The van der Waals surface area contributed by atoms with E-state index >= 15 is 0 Å². The zero-order chi connectivity index (χ0) is 19.1. The van der Waals surface area contributed by atoms with Crippen molar-refractivity contribution in [2.24, 2.45) is 0 Å². The Hall–Kier alpha value is -2.69. The molecule has 2 aromatic rings. The Morgan fingerprint density at radius 3 is 2.44 bits per heavy atom. The molecule has 1 aliphatic rings. The highest BCUT2D eigenvalue weighted by Gasteiger charge is 2.36. The van der Waals surface area contributed by atoms with Crippen molar-refractivity contribution in [3.8, 4) is 11.5 Å². The Bertz CT molecular complexity index is 752. The first-order valence-electron chi connectivity index (χ1n) is 9.58. The number of amides is 2. The van der Waals surface area contributed by atoms with Crippen LogP contribution in [0.5, 0.6) is 11.5 Å². The standard InChI is InChI=1S/C22H28N2O3/c1-3-27-20-9-5-4-8-19(20)24-21(25)23-16-22(14-6-7-15-22)17-10-12-18(26-2)13-11-17/h4-5,8-13H,3,6-7,14-16H2,1-2H3,(H2,23,24,25). The molecule has 144 valence electrons. The summed E-state index contributed by atoms with van der Waals surface area (Å²) in [6.07, 6.45) is 4.52. The molecule has 1 aliphatic carbocycles. The van der Waals surface area contributed by atoms with E-state index < -0.39 is 0 Å². The van der Waals surface area contributed by atoms with Crippen LogP contribution in [-0.2, 0) is 5.41 Å². The molecule has 0 radical (unpaired) electrons. The summed E-state index contributed by atoms with van der Waals surface area (Å²) in [7, 11) is 1.67. The lowest BCUT2D eigenvalue weighted by Gasteiger charge is -2.30. The van der Waals surface area contributed by atoms with E-state index in [9.17, 15) is 4.79 Å². The third-order valence-corrected chi connectivity index (χ3v) is 5.29. The maximum atomic E-state index is 12.5. The third kappa shape index (κ3) is 4.54. The quantitative estimate of drug-likeness (QED) is 0.743. The van der Waals surface area contributed by atoms with Gasteiger partial charge in [-0.15, -0.1) is 0 Å². The van der Waals surface area contributed by atoms with Gasteiger partial charge in [0.1, 0.15) is 11.5 Å². The number of urea groups is 1. The summed E-state index contributed by atoms with van der Waals surface area (Å²) in [4.78, 5) is 12.5. The largest absolute Gasteiger partial charge is 0.497 e. The molecule has 5 nitrogen and oxygen atoms in total. The molecule has 0 heterocycles. The van der Waals surface area contributed by atoms with Crippen LogP contribution in [0.3, 0.4) is 0 Å². The Labute approximate surface area is 161 Å². The molecule has 0 saturated heterocycles. The molecule has 1 saturated carbocycles. The molecule has 0 aromatic heterocycles. The SMILES string of the molecule is CCOc1ccccc1NC(=O)NCC1(c2ccc(OC)cc2)CCCC1. The van der Waals surface area contributed by atoms with Crippen LogP contribution >= 0.6 is 0 Å². The van der Waals surface area contributed by atoms with Crippen LogP contribution in [0.15, 0.2) is 48.5 Å². The molecule has 0 unspecified atom stereocenters. The van der Waals surface area contributed by atoms with Gasteiger partial charge in [0.25, 0.3) is 0 Å². The summed E-state index contributed by atoms with van der Waals surface area (Å²) in [6, 6.07) is 15.5. The second-order valence-corrected chi connectivity index (χ2v) is 6.95. The minimum absolute atomic E-state index is 0.0109. The molecular formula is C22H28N2O3. The second kappa shape index (κ2) is 8.80. The summed E-state index contributed by atoms with van der Waals surface area (Å²) >= 11 is 0. The van der Waals surface area contributed by atoms with Gasteiger partial charge < -0.3 is 20.1 Å². The van der Waals surface area contributed by atoms with Crippen LogP contribution in [0.2, 0.25) is 0 Å². The molecule has 2 N–H and O–H groups in total. The van der Waals surface area contributed by atoms with Crippen LogP contribution < -0.4 is 20.1 Å². The number of rotatable bonds is 7. The molecular weight excluding hydrogens is 340 g/mol. The van der Waals surface area contributed by atoms with Crippen LogP contribution in [0.25, 0.3) is 0 Å². The Balaban J connectivity index is 1.66. The number of methoxy groups -OCH3 is 1. The molecule has 1 fully saturated rings. The zero-order valence-corrected chi connectivity index (χ0v) is 16.1. The molecule has 3 rings (SSSR count). The molecule has 2 amide bonds. The van der Waals surface area contributed by atoms with Crippen molar-refractivity contribution >= 4 is 11.7 Å². The van der Waals surface area contributed by atoms with Gasteiger partial charge in [-0.25, -0.2) is 4.79 Å². The first-order chi connectivity index (χ1) is 13.2. The van der Waals surface area contributed by atoms with Crippen molar-refractivity contribution in [3.05, 3.63) is 54.1 Å². The number of nitrogens with one attached hydrogen (secondary N) is 2. The van der Waals surface area contributed by atoms with Gasteiger partial charge in [0.05, 0.1) is 19.4 Å². The van der Waals surface area contributed by atoms with Crippen molar-refractivity contribution < 1.29 is 14.3 Å². The maximum Gasteiger partial charge on any atom is 0.319 e. The number of ether oxygens (including phenoxy) is 2. The fourth-order valence-corrected chi connectivity index (χ4v) is 3.83. The number of anilines is 1. The van der Waals surface area contributed by atoms with Crippen LogP contribution in [-0.4, -0.2) is 26.3 Å². The molecule has 0 atom stereocenters. The number of benzene rings is 2. The molecule has 0 bridgehead atoms. The van der Waals surface area contributed by atoms with Gasteiger partial charge in [0, 0.05) is 12.0 Å². The fourth-order valence-electron chi connectivity index (χ4n) is 3.83. The van der Waals surface area contributed by atoms with Gasteiger partial charge in [-0.1, -0.05) is 37.1 Å². The molecule has 0 spiro atoms. The minimum Gasteiger partial charge on any atom is -0.497 e. The van der Waals surface area contributed by atoms with E-state index in [-0.39, 0.29) is 11.4 Å². The number of para-hydroxylation sites is 2. The van der Waals surface area contributed by atoms with Gasteiger partial charge >= 0.3 is 6.03 Å². The topological polar surface area (TPSA) is 59.6 Å². The van der Waals surface area contributed by atoms with Crippen molar-refractivity contribution in [1.82, 2.24) is 5.32 Å². The van der Waals surface area contributed by atoms with Crippen molar-refractivity contribution in [2.45, 2.75) is 38.0 Å². The predicted octanol–water partition coefficient (Wildman–Crippen LogP) is 4.73. The Morgan fingerprint density at radius 2 is 1.78 bits per heavy atom. The normalized spacial score (nSPS) is 15.2. The van der Waals surface area contributed by atoms with Crippen LogP contribution in [0.1, 0.15) is 38.2 Å². The molecule has 27 heavy (non-hydrogen) atoms. The highest BCUT2D eigenvalue weighted by molar-refractivity contribution is 5.90. The van der Waals surface area contributed by atoms with Crippen molar-refractivity contribution in [2.75, 3.05) is 25.6 Å². The third-order valence-electron chi connectivity index (χ3n) is 5.29. The number of hydrogen-bond donors (Lipinski definition) is 2. The van der Waals surface area contributed by atoms with Gasteiger partial charge in [0.15, 0.2) is 0 Å². The van der Waals surface area contributed by atoms with Crippen LogP contribution in [0.4, 0.5) is 10.5 Å². The smallest absolute Gasteiger partial charge is 0.319 e. The molecule has 5 heteroatoms. The van der Waals surface area contributed by atoms with E-state index in [0.717, 1.165) is 18.6 Å². The van der Waals surface area contributed by atoms with E-state index in [0.29, 0.717) is 24.6 Å². The molecule has 0 aliphatic heterocycles. The first-order valence-corrected chi connectivity index (χ1v) is 9.58. The second-order valence-electron chi connectivity index (χ2n) is 6.95. The average molecular weight is 368 g/mol. The summed E-state index contributed by atoms with van der Waals surface area (Å²) < 4.78 is 10.8. The van der Waals surface area contributed by atoms with Gasteiger partial charge in [-0.2, -0.15) is 0 Å².